The van der Waals surface area contributed by atoms with E-state index in [4.69, 9.17) is 10.00 Å². The topological polar surface area (TPSA) is 45.0 Å². The van der Waals surface area contributed by atoms with Gasteiger partial charge in [-0.1, -0.05) is 13.8 Å². The molecule has 0 aromatic carbocycles. The van der Waals surface area contributed by atoms with Gasteiger partial charge in [-0.25, -0.2) is 0 Å². The molecule has 1 N–H and O–H groups in total. The molecule has 1 heterocycles. The van der Waals surface area contributed by atoms with Crippen LogP contribution in [0.1, 0.15) is 33.6 Å². The molecule has 0 amide bonds. The SMILES string of the molecule is CC(C)CNC(C#N)C1CCC(C)O1. The molecule has 1 saturated heterocycles. The summed E-state index contributed by atoms with van der Waals surface area (Å²) in [6.45, 7) is 7.22. The molecule has 0 saturated carbocycles. The van der Waals surface area contributed by atoms with Crippen molar-refractivity contribution in [1.29, 1.82) is 5.26 Å². The van der Waals surface area contributed by atoms with Crippen LogP contribution in [0.15, 0.2) is 0 Å². The van der Waals surface area contributed by atoms with Crippen molar-refractivity contribution < 1.29 is 4.74 Å². The van der Waals surface area contributed by atoms with Crippen LogP contribution in [0, 0.1) is 17.2 Å². The van der Waals surface area contributed by atoms with Gasteiger partial charge in [0.25, 0.3) is 0 Å². The molecule has 0 radical (unpaired) electrons. The van der Waals surface area contributed by atoms with E-state index in [0.717, 1.165) is 19.4 Å². The summed E-state index contributed by atoms with van der Waals surface area (Å²) < 4.78 is 5.66. The Kier molecular flexibility index (Phi) is 4.37. The summed E-state index contributed by atoms with van der Waals surface area (Å²) in [4.78, 5) is 0. The van der Waals surface area contributed by atoms with Gasteiger partial charge in [0.1, 0.15) is 6.04 Å². The lowest BCUT2D eigenvalue weighted by molar-refractivity contribution is 0.0428. The highest BCUT2D eigenvalue weighted by Gasteiger charge is 2.29. The minimum Gasteiger partial charge on any atom is -0.373 e. The third-order valence-corrected chi connectivity index (χ3v) is 2.52. The van der Waals surface area contributed by atoms with Crippen molar-refractivity contribution in [3.63, 3.8) is 0 Å². The van der Waals surface area contributed by atoms with Crippen LogP contribution in [0.3, 0.4) is 0 Å². The van der Waals surface area contributed by atoms with Gasteiger partial charge in [-0.2, -0.15) is 5.26 Å². The smallest absolute Gasteiger partial charge is 0.122 e. The number of ether oxygens (including phenoxy) is 1. The van der Waals surface area contributed by atoms with Crippen molar-refractivity contribution in [2.24, 2.45) is 5.92 Å². The van der Waals surface area contributed by atoms with E-state index < -0.39 is 0 Å². The van der Waals surface area contributed by atoms with E-state index in [9.17, 15) is 0 Å². The first-order valence-corrected chi connectivity index (χ1v) is 5.42. The van der Waals surface area contributed by atoms with Gasteiger partial charge in [0.05, 0.1) is 18.3 Å². The number of nitrogens with one attached hydrogen (secondary N) is 1. The lowest BCUT2D eigenvalue weighted by Gasteiger charge is -2.19. The molecule has 0 spiro atoms. The van der Waals surface area contributed by atoms with E-state index in [2.05, 4.69) is 32.2 Å². The predicted octanol–water partition coefficient (Wildman–Crippen LogP) is 1.69. The van der Waals surface area contributed by atoms with E-state index in [-0.39, 0.29) is 12.1 Å². The van der Waals surface area contributed by atoms with Gasteiger partial charge in [-0.05, 0) is 32.2 Å². The Hall–Kier alpha value is -0.590. The fraction of sp³-hybridized carbons (Fsp3) is 0.909. The fourth-order valence-electron chi connectivity index (χ4n) is 1.70. The maximum atomic E-state index is 8.99. The number of nitriles is 1. The maximum Gasteiger partial charge on any atom is 0.122 e. The lowest BCUT2D eigenvalue weighted by Crippen LogP contribution is -2.40. The zero-order chi connectivity index (χ0) is 10.6. The molecule has 80 valence electrons. The minimum atomic E-state index is -0.137. The van der Waals surface area contributed by atoms with E-state index >= 15 is 0 Å². The zero-order valence-electron chi connectivity index (χ0n) is 9.29. The second-order valence-electron chi connectivity index (χ2n) is 4.47. The number of nitrogens with zero attached hydrogens (tertiary/aromatic N) is 1. The molecule has 3 unspecified atom stereocenters. The second-order valence-corrected chi connectivity index (χ2v) is 4.47. The molecular weight excluding hydrogens is 176 g/mol. The monoisotopic (exact) mass is 196 g/mol. The van der Waals surface area contributed by atoms with Gasteiger partial charge < -0.3 is 4.74 Å². The molecule has 1 aliphatic heterocycles. The molecule has 3 nitrogen and oxygen atoms in total. The summed E-state index contributed by atoms with van der Waals surface area (Å²) in [7, 11) is 0. The van der Waals surface area contributed by atoms with E-state index in [1.54, 1.807) is 0 Å². The molecule has 1 aliphatic rings. The van der Waals surface area contributed by atoms with Crippen molar-refractivity contribution in [3.05, 3.63) is 0 Å². The van der Waals surface area contributed by atoms with Crippen LogP contribution in [0.2, 0.25) is 0 Å². The van der Waals surface area contributed by atoms with Crippen LogP contribution in [0.4, 0.5) is 0 Å². The van der Waals surface area contributed by atoms with Crippen molar-refractivity contribution in [2.75, 3.05) is 6.54 Å². The van der Waals surface area contributed by atoms with Crippen LogP contribution in [0.25, 0.3) is 0 Å². The first kappa shape index (κ1) is 11.5. The maximum absolute atomic E-state index is 8.99. The third kappa shape index (κ3) is 3.28. The molecule has 1 fully saturated rings. The Balaban J connectivity index is 2.35. The lowest BCUT2D eigenvalue weighted by atomic mass is 10.1. The fourth-order valence-corrected chi connectivity index (χ4v) is 1.70. The van der Waals surface area contributed by atoms with Gasteiger partial charge in [-0.3, -0.25) is 5.32 Å². The molecule has 0 bridgehead atoms. The molecule has 14 heavy (non-hydrogen) atoms. The molecule has 3 atom stereocenters. The highest BCUT2D eigenvalue weighted by Crippen LogP contribution is 2.21. The largest absolute Gasteiger partial charge is 0.373 e. The van der Waals surface area contributed by atoms with Crippen molar-refractivity contribution in [1.82, 2.24) is 5.32 Å². The van der Waals surface area contributed by atoms with Crippen LogP contribution < -0.4 is 5.32 Å². The number of hydrogen-bond acceptors (Lipinski definition) is 3. The van der Waals surface area contributed by atoms with Gasteiger partial charge in [0.15, 0.2) is 0 Å². The van der Waals surface area contributed by atoms with Crippen molar-refractivity contribution in [3.8, 4) is 6.07 Å². The van der Waals surface area contributed by atoms with Crippen molar-refractivity contribution >= 4 is 0 Å². The molecule has 0 aromatic rings. The summed E-state index contributed by atoms with van der Waals surface area (Å²) in [5.74, 6) is 0.574. The Morgan fingerprint density at radius 1 is 1.50 bits per heavy atom. The molecule has 0 aromatic heterocycles. The summed E-state index contributed by atoms with van der Waals surface area (Å²) in [5.41, 5.74) is 0. The quantitative estimate of drug-likeness (QED) is 0.744. The Labute approximate surface area is 86.4 Å². The minimum absolute atomic E-state index is 0.0914. The second kappa shape index (κ2) is 5.33. The summed E-state index contributed by atoms with van der Waals surface area (Å²) >= 11 is 0. The van der Waals surface area contributed by atoms with E-state index in [0.29, 0.717) is 12.0 Å². The zero-order valence-corrected chi connectivity index (χ0v) is 9.29. The average molecular weight is 196 g/mol. The average Bonchev–Trinajstić information content (AvgIpc) is 2.53. The number of rotatable bonds is 4. The standard InChI is InChI=1S/C11H20N2O/c1-8(2)7-13-10(6-12)11-5-4-9(3)14-11/h8-11,13H,4-5,7H2,1-3H3. The van der Waals surface area contributed by atoms with Crippen LogP contribution in [-0.4, -0.2) is 24.8 Å². The van der Waals surface area contributed by atoms with E-state index in [1.165, 1.54) is 0 Å². The van der Waals surface area contributed by atoms with Gasteiger partial charge in [0, 0.05) is 0 Å². The van der Waals surface area contributed by atoms with Crippen molar-refractivity contribution in [2.45, 2.75) is 51.9 Å². The molecule has 1 rings (SSSR count). The Bertz CT molecular complexity index is 210. The molecular formula is C11H20N2O. The van der Waals surface area contributed by atoms with Gasteiger partial charge in [-0.15, -0.1) is 0 Å². The first-order valence-electron chi connectivity index (χ1n) is 5.42. The summed E-state index contributed by atoms with van der Waals surface area (Å²) in [6, 6.07) is 2.15. The van der Waals surface area contributed by atoms with Crippen LogP contribution in [-0.2, 0) is 4.74 Å². The van der Waals surface area contributed by atoms with Crippen LogP contribution in [0.5, 0.6) is 0 Å². The number of hydrogen-bond donors (Lipinski definition) is 1. The van der Waals surface area contributed by atoms with Crippen LogP contribution >= 0.6 is 0 Å². The van der Waals surface area contributed by atoms with E-state index in [1.807, 2.05) is 0 Å². The van der Waals surface area contributed by atoms with Gasteiger partial charge in [0.2, 0.25) is 0 Å². The first-order chi connectivity index (χ1) is 6.63. The highest BCUT2D eigenvalue weighted by atomic mass is 16.5. The van der Waals surface area contributed by atoms with Gasteiger partial charge >= 0.3 is 0 Å². The molecule has 3 heteroatoms. The normalized spacial score (nSPS) is 29.1. The third-order valence-electron chi connectivity index (χ3n) is 2.52. The predicted molar refractivity (Wildman–Crippen MR) is 55.8 cm³/mol. The summed E-state index contributed by atoms with van der Waals surface area (Å²) in [6.07, 6.45) is 2.49. The summed E-state index contributed by atoms with van der Waals surface area (Å²) in [5, 5.41) is 12.2. The highest BCUT2D eigenvalue weighted by molar-refractivity contribution is 4.98. The molecule has 0 aliphatic carbocycles. The Morgan fingerprint density at radius 3 is 2.64 bits per heavy atom. The Morgan fingerprint density at radius 2 is 2.21 bits per heavy atom.